The third-order valence-electron chi connectivity index (χ3n) is 3.31. The van der Waals surface area contributed by atoms with Gasteiger partial charge in [0.25, 0.3) is 0 Å². The first-order chi connectivity index (χ1) is 9.13. The van der Waals surface area contributed by atoms with Crippen LogP contribution in [0.15, 0.2) is 72.3 Å². The second-order valence-electron chi connectivity index (χ2n) is 5.08. The van der Waals surface area contributed by atoms with Crippen LogP contribution in [0.3, 0.4) is 0 Å². The topological polar surface area (TPSA) is 20.2 Å². The van der Waals surface area contributed by atoms with Crippen LogP contribution in [0.4, 0.5) is 0 Å². The zero-order chi connectivity index (χ0) is 13.7. The lowest BCUT2D eigenvalue weighted by molar-refractivity contribution is 0.0839. The SMILES string of the molecule is CC(C)=CCC(O)(c1ccccc1)c1ccccc1. The first-order valence-electron chi connectivity index (χ1n) is 6.60. The van der Waals surface area contributed by atoms with E-state index in [2.05, 4.69) is 19.9 Å². The number of allylic oxidation sites excluding steroid dienone is 1. The molecule has 0 spiro atoms. The Bertz CT molecular complexity index is 497. The van der Waals surface area contributed by atoms with Crippen molar-refractivity contribution in [3.8, 4) is 0 Å². The van der Waals surface area contributed by atoms with Gasteiger partial charge < -0.3 is 5.11 Å². The Labute approximate surface area is 115 Å². The first-order valence-corrected chi connectivity index (χ1v) is 6.60. The van der Waals surface area contributed by atoms with Crippen LogP contribution >= 0.6 is 0 Å². The summed E-state index contributed by atoms with van der Waals surface area (Å²) < 4.78 is 0. The van der Waals surface area contributed by atoms with E-state index < -0.39 is 5.60 Å². The van der Waals surface area contributed by atoms with E-state index in [4.69, 9.17) is 0 Å². The van der Waals surface area contributed by atoms with E-state index in [1.807, 2.05) is 60.7 Å². The van der Waals surface area contributed by atoms with E-state index in [9.17, 15) is 5.11 Å². The van der Waals surface area contributed by atoms with E-state index in [-0.39, 0.29) is 0 Å². The molecule has 19 heavy (non-hydrogen) atoms. The summed E-state index contributed by atoms with van der Waals surface area (Å²) in [5, 5.41) is 11.2. The molecule has 2 aromatic rings. The maximum Gasteiger partial charge on any atom is 0.118 e. The molecule has 0 heterocycles. The highest BCUT2D eigenvalue weighted by atomic mass is 16.3. The van der Waals surface area contributed by atoms with Crippen LogP contribution in [-0.4, -0.2) is 5.11 Å². The van der Waals surface area contributed by atoms with Gasteiger partial charge in [-0.2, -0.15) is 0 Å². The molecule has 0 bridgehead atoms. The molecule has 0 saturated carbocycles. The predicted octanol–water partition coefficient (Wildman–Crippen LogP) is 4.28. The van der Waals surface area contributed by atoms with Gasteiger partial charge in [-0.05, 0) is 25.0 Å². The highest BCUT2D eigenvalue weighted by Crippen LogP contribution is 2.33. The average Bonchev–Trinajstić information content (AvgIpc) is 2.46. The zero-order valence-electron chi connectivity index (χ0n) is 11.5. The summed E-state index contributed by atoms with van der Waals surface area (Å²) in [6.45, 7) is 4.10. The van der Waals surface area contributed by atoms with Crippen molar-refractivity contribution >= 4 is 0 Å². The normalized spacial score (nSPS) is 11.1. The summed E-state index contributed by atoms with van der Waals surface area (Å²) in [5.74, 6) is 0. The zero-order valence-corrected chi connectivity index (χ0v) is 11.5. The Hall–Kier alpha value is -1.86. The minimum atomic E-state index is -0.959. The molecular formula is C18H20O. The van der Waals surface area contributed by atoms with Crippen molar-refractivity contribution in [1.82, 2.24) is 0 Å². The number of aliphatic hydroxyl groups is 1. The van der Waals surface area contributed by atoms with E-state index in [1.165, 1.54) is 5.57 Å². The van der Waals surface area contributed by atoms with E-state index in [1.54, 1.807) is 0 Å². The molecule has 0 fully saturated rings. The van der Waals surface area contributed by atoms with Crippen molar-refractivity contribution < 1.29 is 5.11 Å². The summed E-state index contributed by atoms with van der Waals surface area (Å²) >= 11 is 0. The summed E-state index contributed by atoms with van der Waals surface area (Å²) in [4.78, 5) is 0. The maximum absolute atomic E-state index is 11.2. The largest absolute Gasteiger partial charge is 0.380 e. The summed E-state index contributed by atoms with van der Waals surface area (Å²) in [7, 11) is 0. The maximum atomic E-state index is 11.2. The predicted molar refractivity (Wildman–Crippen MR) is 79.9 cm³/mol. The second kappa shape index (κ2) is 5.85. The fourth-order valence-corrected chi connectivity index (χ4v) is 2.18. The van der Waals surface area contributed by atoms with Gasteiger partial charge in [0.1, 0.15) is 5.60 Å². The summed E-state index contributed by atoms with van der Waals surface area (Å²) in [5.41, 5.74) is 2.11. The second-order valence-corrected chi connectivity index (χ2v) is 5.08. The lowest BCUT2D eigenvalue weighted by Crippen LogP contribution is -2.26. The number of hydrogen-bond acceptors (Lipinski definition) is 1. The number of hydrogen-bond donors (Lipinski definition) is 1. The van der Waals surface area contributed by atoms with Crippen molar-refractivity contribution in [2.45, 2.75) is 25.9 Å². The molecule has 0 aliphatic rings. The van der Waals surface area contributed by atoms with Gasteiger partial charge in [-0.25, -0.2) is 0 Å². The molecule has 0 saturated heterocycles. The Balaban J connectivity index is 2.47. The molecular weight excluding hydrogens is 232 g/mol. The van der Waals surface area contributed by atoms with Crippen LogP contribution in [0.2, 0.25) is 0 Å². The van der Waals surface area contributed by atoms with Crippen molar-refractivity contribution in [3.05, 3.63) is 83.4 Å². The fraction of sp³-hybridized carbons (Fsp3) is 0.222. The molecule has 0 unspecified atom stereocenters. The summed E-state index contributed by atoms with van der Waals surface area (Å²) in [6.07, 6.45) is 2.67. The van der Waals surface area contributed by atoms with Gasteiger partial charge in [0.2, 0.25) is 0 Å². The lowest BCUT2D eigenvalue weighted by atomic mass is 9.83. The highest BCUT2D eigenvalue weighted by molar-refractivity contribution is 5.36. The molecule has 0 aliphatic heterocycles. The first kappa shape index (κ1) is 13.6. The van der Waals surface area contributed by atoms with E-state index in [0.717, 1.165) is 11.1 Å². The lowest BCUT2D eigenvalue weighted by Gasteiger charge is -2.28. The summed E-state index contributed by atoms with van der Waals surface area (Å²) in [6, 6.07) is 19.7. The van der Waals surface area contributed by atoms with Crippen LogP contribution in [0.5, 0.6) is 0 Å². The third-order valence-corrected chi connectivity index (χ3v) is 3.31. The molecule has 0 atom stereocenters. The Morgan fingerprint density at radius 2 is 1.32 bits per heavy atom. The van der Waals surface area contributed by atoms with Gasteiger partial charge in [0.15, 0.2) is 0 Å². The van der Waals surface area contributed by atoms with Crippen LogP contribution in [0, 0.1) is 0 Å². The minimum Gasteiger partial charge on any atom is -0.380 e. The van der Waals surface area contributed by atoms with Gasteiger partial charge in [0, 0.05) is 6.42 Å². The van der Waals surface area contributed by atoms with Crippen LogP contribution < -0.4 is 0 Å². The van der Waals surface area contributed by atoms with Crippen molar-refractivity contribution in [3.63, 3.8) is 0 Å². The van der Waals surface area contributed by atoms with Crippen LogP contribution in [0.25, 0.3) is 0 Å². The smallest absolute Gasteiger partial charge is 0.118 e. The number of rotatable bonds is 4. The van der Waals surface area contributed by atoms with Crippen molar-refractivity contribution in [2.24, 2.45) is 0 Å². The Morgan fingerprint density at radius 1 is 0.895 bits per heavy atom. The molecule has 0 aromatic heterocycles. The van der Waals surface area contributed by atoms with Gasteiger partial charge in [-0.1, -0.05) is 72.3 Å². The number of benzene rings is 2. The molecule has 0 radical (unpaired) electrons. The third kappa shape index (κ3) is 3.12. The van der Waals surface area contributed by atoms with Crippen LogP contribution in [-0.2, 0) is 5.60 Å². The molecule has 2 aromatic carbocycles. The Kier molecular flexibility index (Phi) is 4.18. The van der Waals surface area contributed by atoms with Crippen LogP contribution in [0.1, 0.15) is 31.4 Å². The van der Waals surface area contributed by atoms with Gasteiger partial charge in [-0.15, -0.1) is 0 Å². The van der Waals surface area contributed by atoms with Gasteiger partial charge in [0.05, 0.1) is 0 Å². The van der Waals surface area contributed by atoms with E-state index in [0.29, 0.717) is 6.42 Å². The van der Waals surface area contributed by atoms with Gasteiger partial charge >= 0.3 is 0 Å². The Morgan fingerprint density at radius 3 is 1.68 bits per heavy atom. The molecule has 1 N–H and O–H groups in total. The minimum absolute atomic E-state index is 0.587. The molecule has 98 valence electrons. The van der Waals surface area contributed by atoms with Gasteiger partial charge in [-0.3, -0.25) is 0 Å². The van der Waals surface area contributed by atoms with Crippen molar-refractivity contribution in [1.29, 1.82) is 0 Å². The van der Waals surface area contributed by atoms with Crippen molar-refractivity contribution in [2.75, 3.05) is 0 Å². The fourth-order valence-electron chi connectivity index (χ4n) is 2.18. The van der Waals surface area contributed by atoms with E-state index >= 15 is 0 Å². The highest BCUT2D eigenvalue weighted by Gasteiger charge is 2.29. The molecule has 0 aliphatic carbocycles. The average molecular weight is 252 g/mol. The monoisotopic (exact) mass is 252 g/mol. The molecule has 2 rings (SSSR count). The molecule has 0 amide bonds. The molecule has 1 heteroatoms. The quantitative estimate of drug-likeness (QED) is 0.805. The standard InChI is InChI=1S/C18H20O/c1-15(2)13-14-18(19,16-9-5-3-6-10-16)17-11-7-4-8-12-17/h3-13,19H,14H2,1-2H3. The molecule has 1 nitrogen and oxygen atoms in total.